The number of carbonyl (C=O) groups is 1. The highest BCUT2D eigenvalue weighted by atomic mass is 16.5. The third kappa shape index (κ3) is 3.96. The van der Waals surface area contributed by atoms with Crippen molar-refractivity contribution in [3.63, 3.8) is 0 Å². The molecule has 3 aromatic rings. The van der Waals surface area contributed by atoms with Crippen LogP contribution in [-0.4, -0.2) is 57.5 Å². The van der Waals surface area contributed by atoms with Crippen LogP contribution in [0.1, 0.15) is 22.6 Å². The van der Waals surface area contributed by atoms with Gasteiger partial charge in [-0.25, -0.2) is 0 Å². The summed E-state index contributed by atoms with van der Waals surface area (Å²) in [4.78, 5) is 26.6. The van der Waals surface area contributed by atoms with Crippen LogP contribution in [0.5, 0.6) is 0 Å². The maximum atomic E-state index is 13.9. The number of amides is 1. The molecule has 1 amide bonds. The van der Waals surface area contributed by atoms with Crippen LogP contribution in [0.3, 0.4) is 0 Å². The summed E-state index contributed by atoms with van der Waals surface area (Å²) >= 11 is 0. The molecule has 1 spiro atoms. The number of nitrogens with zero attached hydrogens (tertiary/aromatic N) is 4. The van der Waals surface area contributed by atoms with Gasteiger partial charge in [0.05, 0.1) is 6.61 Å². The van der Waals surface area contributed by atoms with Gasteiger partial charge in [0, 0.05) is 63.4 Å². The van der Waals surface area contributed by atoms with Crippen molar-refractivity contribution >= 4 is 5.91 Å². The third-order valence-corrected chi connectivity index (χ3v) is 6.29. The number of hydrogen-bond donors (Lipinski definition) is 0. The molecule has 0 N–H and O–H groups in total. The lowest BCUT2D eigenvalue weighted by Crippen LogP contribution is -2.59. The van der Waals surface area contributed by atoms with Crippen LogP contribution in [0.15, 0.2) is 79.4 Å². The molecule has 2 aliphatic rings. The predicted octanol–water partition coefficient (Wildman–Crippen LogP) is 2.87. The van der Waals surface area contributed by atoms with E-state index in [0.29, 0.717) is 26.2 Å². The van der Waals surface area contributed by atoms with Gasteiger partial charge in [0.2, 0.25) is 0 Å². The molecule has 2 fully saturated rings. The van der Waals surface area contributed by atoms with Crippen molar-refractivity contribution in [2.24, 2.45) is 0 Å². The fourth-order valence-corrected chi connectivity index (χ4v) is 4.82. The van der Waals surface area contributed by atoms with E-state index in [1.54, 1.807) is 6.20 Å². The van der Waals surface area contributed by atoms with Gasteiger partial charge in [-0.15, -0.1) is 0 Å². The van der Waals surface area contributed by atoms with Crippen molar-refractivity contribution in [3.05, 3.63) is 96.1 Å². The van der Waals surface area contributed by atoms with E-state index in [4.69, 9.17) is 4.74 Å². The van der Waals surface area contributed by atoms with Gasteiger partial charge >= 0.3 is 0 Å². The van der Waals surface area contributed by atoms with Crippen molar-refractivity contribution < 1.29 is 9.53 Å². The summed E-state index contributed by atoms with van der Waals surface area (Å²) < 4.78 is 6.37. The van der Waals surface area contributed by atoms with Crippen LogP contribution in [0.25, 0.3) is 0 Å². The summed E-state index contributed by atoms with van der Waals surface area (Å²) in [5.74, 6) is 0.0165. The van der Waals surface area contributed by atoms with Crippen LogP contribution >= 0.6 is 0 Å². The fraction of sp³-hybridized carbons (Fsp3) is 0.320. The highest BCUT2D eigenvalue weighted by molar-refractivity contribution is 5.88. The Labute approximate surface area is 182 Å². The standard InChI is InChI=1S/C25H26N4O2/c30-24-25(31-14-13-29(24)17-20-5-2-1-3-6-20)19-28(16-21-8-11-26-12-9-21)18-23(25)22-7-4-10-27-15-22/h1-12,15,23H,13-14,16-19H2/t23-,25-/m1/s1. The average Bonchev–Trinajstić information content (AvgIpc) is 3.17. The Morgan fingerprint density at radius 1 is 0.935 bits per heavy atom. The Bertz CT molecular complexity index is 1020. The third-order valence-electron chi connectivity index (χ3n) is 6.29. The quantitative estimate of drug-likeness (QED) is 0.643. The van der Waals surface area contributed by atoms with E-state index < -0.39 is 5.60 Å². The molecule has 0 bridgehead atoms. The molecule has 2 atom stereocenters. The molecule has 4 heterocycles. The number of hydrogen-bond acceptors (Lipinski definition) is 5. The summed E-state index contributed by atoms with van der Waals surface area (Å²) in [6.45, 7) is 3.83. The molecule has 0 aliphatic carbocycles. The first-order valence-corrected chi connectivity index (χ1v) is 10.7. The zero-order valence-corrected chi connectivity index (χ0v) is 17.4. The van der Waals surface area contributed by atoms with Gasteiger partial charge in [-0.2, -0.15) is 0 Å². The number of carbonyl (C=O) groups excluding carboxylic acids is 1. The van der Waals surface area contributed by atoms with Gasteiger partial charge in [-0.3, -0.25) is 19.7 Å². The zero-order valence-electron chi connectivity index (χ0n) is 17.4. The first kappa shape index (κ1) is 19.8. The van der Waals surface area contributed by atoms with Gasteiger partial charge in [0.1, 0.15) is 0 Å². The van der Waals surface area contributed by atoms with Crippen LogP contribution in [0.4, 0.5) is 0 Å². The monoisotopic (exact) mass is 414 g/mol. The van der Waals surface area contributed by atoms with Crippen LogP contribution in [-0.2, 0) is 22.6 Å². The molecule has 5 rings (SSSR count). The Balaban J connectivity index is 1.45. The van der Waals surface area contributed by atoms with Gasteiger partial charge in [0.15, 0.2) is 5.60 Å². The lowest BCUT2D eigenvalue weighted by atomic mass is 9.83. The van der Waals surface area contributed by atoms with Gasteiger partial charge in [0.25, 0.3) is 5.91 Å². The Hall–Kier alpha value is -3.09. The van der Waals surface area contributed by atoms with Gasteiger partial charge < -0.3 is 9.64 Å². The number of morpholine rings is 1. The zero-order chi connectivity index (χ0) is 21.1. The molecule has 0 radical (unpaired) electrons. The smallest absolute Gasteiger partial charge is 0.257 e. The molecule has 2 aliphatic heterocycles. The molecular formula is C25H26N4O2. The lowest BCUT2D eigenvalue weighted by Gasteiger charge is -2.42. The number of benzene rings is 1. The van der Waals surface area contributed by atoms with E-state index in [0.717, 1.165) is 24.2 Å². The SMILES string of the molecule is O=C1N(Cc2ccccc2)CCO[C@@]12CN(Cc1ccncc1)C[C@@H]2c1cccnc1. The molecule has 2 aromatic heterocycles. The van der Waals surface area contributed by atoms with Crippen molar-refractivity contribution in [2.75, 3.05) is 26.2 Å². The van der Waals surface area contributed by atoms with Crippen LogP contribution in [0.2, 0.25) is 0 Å². The maximum absolute atomic E-state index is 13.9. The van der Waals surface area contributed by atoms with Crippen molar-refractivity contribution in [1.29, 1.82) is 0 Å². The first-order valence-electron chi connectivity index (χ1n) is 10.7. The number of ether oxygens (including phenoxy) is 1. The van der Waals surface area contributed by atoms with Crippen molar-refractivity contribution in [3.8, 4) is 0 Å². The van der Waals surface area contributed by atoms with Crippen LogP contribution in [0, 0.1) is 0 Å². The molecule has 6 heteroatoms. The average molecular weight is 415 g/mol. The minimum Gasteiger partial charge on any atom is -0.361 e. The highest BCUT2D eigenvalue weighted by Crippen LogP contribution is 2.42. The van der Waals surface area contributed by atoms with Gasteiger partial charge in [-0.1, -0.05) is 36.4 Å². The number of rotatable bonds is 5. The molecule has 2 saturated heterocycles. The molecular weight excluding hydrogens is 388 g/mol. The Morgan fingerprint density at radius 3 is 2.52 bits per heavy atom. The normalized spacial score (nSPS) is 24.1. The lowest BCUT2D eigenvalue weighted by molar-refractivity contribution is -0.173. The molecule has 6 nitrogen and oxygen atoms in total. The van der Waals surface area contributed by atoms with E-state index in [1.807, 2.05) is 59.9 Å². The van der Waals surface area contributed by atoms with Crippen LogP contribution < -0.4 is 0 Å². The highest BCUT2D eigenvalue weighted by Gasteiger charge is 2.56. The second-order valence-electron chi connectivity index (χ2n) is 8.31. The van der Waals surface area contributed by atoms with E-state index >= 15 is 0 Å². The topological polar surface area (TPSA) is 58.6 Å². The maximum Gasteiger partial charge on any atom is 0.257 e. The van der Waals surface area contributed by atoms with E-state index in [2.05, 4.69) is 33.1 Å². The summed E-state index contributed by atoms with van der Waals surface area (Å²) in [5.41, 5.74) is 2.48. The molecule has 0 saturated carbocycles. The van der Waals surface area contributed by atoms with E-state index in [-0.39, 0.29) is 11.8 Å². The minimum atomic E-state index is -0.886. The molecule has 31 heavy (non-hydrogen) atoms. The minimum absolute atomic E-state index is 0.0610. The summed E-state index contributed by atoms with van der Waals surface area (Å²) in [7, 11) is 0. The second kappa shape index (κ2) is 8.57. The summed E-state index contributed by atoms with van der Waals surface area (Å²) in [6.07, 6.45) is 7.26. The summed E-state index contributed by atoms with van der Waals surface area (Å²) in [6, 6.07) is 18.2. The fourth-order valence-electron chi connectivity index (χ4n) is 4.82. The van der Waals surface area contributed by atoms with Crippen molar-refractivity contribution in [2.45, 2.75) is 24.6 Å². The first-order chi connectivity index (χ1) is 15.2. The Kier molecular flexibility index (Phi) is 5.49. The second-order valence-corrected chi connectivity index (χ2v) is 8.31. The Morgan fingerprint density at radius 2 is 1.74 bits per heavy atom. The summed E-state index contributed by atoms with van der Waals surface area (Å²) in [5, 5.41) is 0. The predicted molar refractivity (Wildman–Crippen MR) is 117 cm³/mol. The number of aromatic nitrogens is 2. The molecule has 158 valence electrons. The van der Waals surface area contributed by atoms with E-state index in [1.165, 1.54) is 5.56 Å². The van der Waals surface area contributed by atoms with E-state index in [9.17, 15) is 4.79 Å². The molecule has 1 aromatic carbocycles. The van der Waals surface area contributed by atoms with Gasteiger partial charge in [-0.05, 0) is 34.9 Å². The number of pyridine rings is 2. The number of likely N-dealkylation sites (tertiary alicyclic amines) is 1. The van der Waals surface area contributed by atoms with Crippen molar-refractivity contribution in [1.82, 2.24) is 19.8 Å². The molecule has 0 unspecified atom stereocenters. The largest absolute Gasteiger partial charge is 0.361 e.